The molecule has 1 aromatic heterocycles. The third kappa shape index (κ3) is 5.60. The van der Waals surface area contributed by atoms with Gasteiger partial charge in [0.05, 0.1) is 11.7 Å². The number of hydrogen-bond acceptors (Lipinski definition) is 5. The quantitative estimate of drug-likeness (QED) is 0.560. The number of rotatable bonds is 7. The molecular formula is C21H19F2N3O3S. The van der Waals surface area contributed by atoms with Crippen LogP contribution in [0, 0.1) is 0 Å². The lowest BCUT2D eigenvalue weighted by molar-refractivity contribution is -0.119. The lowest BCUT2D eigenvalue weighted by atomic mass is 10.1. The Bertz CT molecular complexity index is 1020. The smallest absolute Gasteiger partial charge is 0.387 e. The highest BCUT2D eigenvalue weighted by atomic mass is 32.1. The number of aromatic nitrogens is 1. The van der Waals surface area contributed by atoms with E-state index in [1.165, 1.54) is 42.5 Å². The molecule has 2 amide bonds. The SMILES string of the molecule is CC(=O)N[C@@H](C)c1ccc(-c2csc(NC(=O)c3ccc(OC(F)F)cc3)n2)cc1. The summed E-state index contributed by atoms with van der Waals surface area (Å²) in [6.45, 7) is 0.460. The number of thiazole rings is 1. The second-order valence-corrected chi connectivity index (χ2v) is 7.30. The first-order valence-corrected chi connectivity index (χ1v) is 9.89. The van der Waals surface area contributed by atoms with Crippen LogP contribution in [0.5, 0.6) is 5.75 Å². The van der Waals surface area contributed by atoms with Gasteiger partial charge in [0.15, 0.2) is 5.13 Å². The molecule has 0 aliphatic heterocycles. The molecule has 0 aliphatic rings. The first-order valence-electron chi connectivity index (χ1n) is 9.01. The minimum Gasteiger partial charge on any atom is -0.435 e. The molecule has 6 nitrogen and oxygen atoms in total. The number of nitrogens with one attached hydrogen (secondary N) is 2. The Labute approximate surface area is 175 Å². The summed E-state index contributed by atoms with van der Waals surface area (Å²) in [5, 5.41) is 7.76. The van der Waals surface area contributed by atoms with Crippen LogP contribution in [0.4, 0.5) is 13.9 Å². The molecule has 9 heteroatoms. The minimum absolute atomic E-state index is 0.0191. The molecule has 3 aromatic rings. The maximum absolute atomic E-state index is 12.3. The lowest BCUT2D eigenvalue weighted by Crippen LogP contribution is -2.23. The Morgan fingerprint density at radius 2 is 1.73 bits per heavy atom. The molecule has 0 saturated heterocycles. The van der Waals surface area contributed by atoms with Gasteiger partial charge >= 0.3 is 6.61 Å². The van der Waals surface area contributed by atoms with Crippen LogP contribution < -0.4 is 15.4 Å². The van der Waals surface area contributed by atoms with Gasteiger partial charge in [0.1, 0.15) is 5.75 Å². The van der Waals surface area contributed by atoms with Crippen molar-refractivity contribution in [1.29, 1.82) is 0 Å². The number of carbonyl (C=O) groups excluding carboxylic acids is 2. The Morgan fingerprint density at radius 1 is 1.07 bits per heavy atom. The van der Waals surface area contributed by atoms with E-state index in [1.54, 1.807) is 0 Å². The van der Waals surface area contributed by atoms with Crippen LogP contribution in [-0.4, -0.2) is 23.4 Å². The van der Waals surface area contributed by atoms with Crippen molar-refractivity contribution in [2.75, 3.05) is 5.32 Å². The van der Waals surface area contributed by atoms with E-state index in [4.69, 9.17) is 0 Å². The molecule has 3 rings (SSSR count). The monoisotopic (exact) mass is 431 g/mol. The van der Waals surface area contributed by atoms with E-state index in [2.05, 4.69) is 20.4 Å². The van der Waals surface area contributed by atoms with Gasteiger partial charge in [0.25, 0.3) is 5.91 Å². The summed E-state index contributed by atoms with van der Waals surface area (Å²) >= 11 is 1.27. The molecular weight excluding hydrogens is 412 g/mol. The van der Waals surface area contributed by atoms with Gasteiger partial charge in [0.2, 0.25) is 5.91 Å². The van der Waals surface area contributed by atoms with E-state index in [-0.39, 0.29) is 17.7 Å². The van der Waals surface area contributed by atoms with Crippen LogP contribution in [0.3, 0.4) is 0 Å². The van der Waals surface area contributed by atoms with Crippen molar-refractivity contribution in [2.45, 2.75) is 26.5 Å². The first-order chi connectivity index (χ1) is 14.3. The zero-order valence-electron chi connectivity index (χ0n) is 16.2. The lowest BCUT2D eigenvalue weighted by Gasteiger charge is -2.13. The van der Waals surface area contributed by atoms with Crippen molar-refractivity contribution >= 4 is 28.3 Å². The summed E-state index contributed by atoms with van der Waals surface area (Å²) in [6.07, 6.45) is 0. The summed E-state index contributed by atoms with van der Waals surface area (Å²) in [5.74, 6) is -0.518. The van der Waals surface area contributed by atoms with Gasteiger partial charge in [0, 0.05) is 23.4 Å². The molecule has 156 valence electrons. The number of ether oxygens (including phenoxy) is 1. The third-order valence-corrected chi connectivity index (χ3v) is 4.95. The minimum atomic E-state index is -2.92. The summed E-state index contributed by atoms with van der Waals surface area (Å²) in [4.78, 5) is 27.9. The molecule has 0 spiro atoms. The summed E-state index contributed by atoms with van der Waals surface area (Å²) < 4.78 is 28.7. The van der Waals surface area contributed by atoms with E-state index >= 15 is 0 Å². The maximum Gasteiger partial charge on any atom is 0.387 e. The maximum atomic E-state index is 12.3. The predicted molar refractivity (Wildman–Crippen MR) is 111 cm³/mol. The number of alkyl halides is 2. The van der Waals surface area contributed by atoms with Crippen LogP contribution in [0.2, 0.25) is 0 Å². The molecule has 0 saturated carbocycles. The average molecular weight is 431 g/mol. The second-order valence-electron chi connectivity index (χ2n) is 6.44. The fraction of sp³-hybridized carbons (Fsp3) is 0.190. The van der Waals surface area contributed by atoms with E-state index in [1.807, 2.05) is 36.6 Å². The number of carbonyl (C=O) groups is 2. The third-order valence-electron chi connectivity index (χ3n) is 4.19. The van der Waals surface area contributed by atoms with Gasteiger partial charge in [-0.1, -0.05) is 24.3 Å². The Kier molecular flexibility index (Phi) is 6.73. The van der Waals surface area contributed by atoms with Gasteiger partial charge < -0.3 is 10.1 Å². The first kappa shape index (κ1) is 21.4. The van der Waals surface area contributed by atoms with Gasteiger partial charge in [-0.15, -0.1) is 11.3 Å². The van der Waals surface area contributed by atoms with Crippen LogP contribution in [0.25, 0.3) is 11.3 Å². The Hall–Kier alpha value is -3.33. The summed E-state index contributed by atoms with van der Waals surface area (Å²) in [6, 6.07) is 12.9. The highest BCUT2D eigenvalue weighted by Gasteiger charge is 2.12. The number of amides is 2. The van der Waals surface area contributed by atoms with Crippen molar-refractivity contribution in [1.82, 2.24) is 10.3 Å². The normalized spacial score (nSPS) is 11.8. The Morgan fingerprint density at radius 3 is 2.33 bits per heavy atom. The average Bonchev–Trinajstić information content (AvgIpc) is 3.16. The fourth-order valence-electron chi connectivity index (χ4n) is 2.75. The summed E-state index contributed by atoms with van der Waals surface area (Å²) in [5.41, 5.74) is 2.84. The van der Waals surface area contributed by atoms with Gasteiger partial charge in [-0.05, 0) is 36.8 Å². The standard InChI is InChI=1S/C21H19F2N3O3S/c1-12(24-13(2)27)14-3-5-15(6-4-14)18-11-30-21(25-18)26-19(28)16-7-9-17(10-8-16)29-20(22)23/h3-12,20H,1-2H3,(H,24,27)(H,25,26,28)/t12-/m0/s1. The fourth-order valence-corrected chi connectivity index (χ4v) is 3.47. The molecule has 2 aromatic carbocycles. The van der Waals surface area contributed by atoms with Gasteiger partial charge in [-0.3, -0.25) is 14.9 Å². The largest absolute Gasteiger partial charge is 0.435 e. The highest BCUT2D eigenvalue weighted by Crippen LogP contribution is 2.27. The van der Waals surface area contributed by atoms with E-state index < -0.39 is 12.5 Å². The number of halogens is 2. The van der Waals surface area contributed by atoms with Crippen molar-refractivity contribution in [3.05, 3.63) is 65.0 Å². The molecule has 0 fully saturated rings. The number of nitrogens with zero attached hydrogens (tertiary/aromatic N) is 1. The number of hydrogen-bond donors (Lipinski definition) is 2. The Balaban J connectivity index is 1.64. The van der Waals surface area contributed by atoms with Gasteiger partial charge in [-0.2, -0.15) is 8.78 Å². The molecule has 30 heavy (non-hydrogen) atoms. The zero-order chi connectivity index (χ0) is 21.7. The van der Waals surface area contributed by atoms with E-state index in [0.29, 0.717) is 16.4 Å². The molecule has 0 unspecified atom stereocenters. The molecule has 0 bridgehead atoms. The van der Waals surface area contributed by atoms with Crippen LogP contribution in [0.15, 0.2) is 53.9 Å². The molecule has 0 aliphatic carbocycles. The second kappa shape index (κ2) is 9.45. The van der Waals surface area contributed by atoms with Crippen LogP contribution in [-0.2, 0) is 4.79 Å². The van der Waals surface area contributed by atoms with E-state index in [0.717, 1.165) is 11.1 Å². The molecule has 1 heterocycles. The highest BCUT2D eigenvalue weighted by molar-refractivity contribution is 7.14. The number of anilines is 1. The summed E-state index contributed by atoms with van der Waals surface area (Å²) in [7, 11) is 0. The zero-order valence-corrected chi connectivity index (χ0v) is 17.0. The molecule has 1 atom stereocenters. The van der Waals surface area contributed by atoms with Crippen molar-refractivity contribution in [3.63, 3.8) is 0 Å². The van der Waals surface area contributed by atoms with Crippen molar-refractivity contribution in [3.8, 4) is 17.0 Å². The van der Waals surface area contributed by atoms with Crippen molar-refractivity contribution < 1.29 is 23.1 Å². The van der Waals surface area contributed by atoms with Gasteiger partial charge in [-0.25, -0.2) is 4.98 Å². The van der Waals surface area contributed by atoms with E-state index in [9.17, 15) is 18.4 Å². The van der Waals surface area contributed by atoms with Crippen molar-refractivity contribution in [2.24, 2.45) is 0 Å². The molecule has 0 radical (unpaired) electrons. The topological polar surface area (TPSA) is 80.3 Å². The number of benzene rings is 2. The van der Waals surface area contributed by atoms with Crippen LogP contribution >= 0.6 is 11.3 Å². The predicted octanol–water partition coefficient (Wildman–Crippen LogP) is 4.86. The van der Waals surface area contributed by atoms with Crippen LogP contribution in [0.1, 0.15) is 35.8 Å². The molecule has 2 N–H and O–H groups in total.